The van der Waals surface area contributed by atoms with Crippen molar-refractivity contribution in [2.45, 2.75) is 49.9 Å². The minimum absolute atomic E-state index is 0.180. The molecule has 134 valence electrons. The third kappa shape index (κ3) is 1.36. The van der Waals surface area contributed by atoms with Crippen LogP contribution in [0.1, 0.15) is 32.6 Å². The van der Waals surface area contributed by atoms with Gasteiger partial charge in [-0.05, 0) is 49.7 Å². The molecule has 1 aliphatic heterocycles. The van der Waals surface area contributed by atoms with Gasteiger partial charge in [0.1, 0.15) is 11.0 Å². The molecule has 5 aliphatic rings. The van der Waals surface area contributed by atoms with Crippen LogP contribution in [-0.4, -0.2) is 44.6 Å². The highest BCUT2D eigenvalue weighted by atomic mass is 16.6. The molecule has 0 amide bonds. The van der Waals surface area contributed by atoms with E-state index < -0.39 is 51.9 Å². The molecular formula is C19H22O6. The van der Waals surface area contributed by atoms with Crippen LogP contribution in [0.15, 0.2) is 24.3 Å². The van der Waals surface area contributed by atoms with Gasteiger partial charge in [0.05, 0.1) is 17.6 Å². The second-order valence-corrected chi connectivity index (χ2v) is 8.94. The number of aliphatic hydroxyl groups excluding tert-OH is 1. The zero-order valence-electron chi connectivity index (χ0n) is 14.1. The summed E-state index contributed by atoms with van der Waals surface area (Å²) in [4.78, 5) is 25.1. The molecule has 0 aromatic carbocycles. The van der Waals surface area contributed by atoms with Gasteiger partial charge in [0.15, 0.2) is 0 Å². The van der Waals surface area contributed by atoms with Crippen molar-refractivity contribution in [2.75, 3.05) is 0 Å². The van der Waals surface area contributed by atoms with E-state index in [9.17, 15) is 24.9 Å². The van der Waals surface area contributed by atoms with Gasteiger partial charge in [-0.1, -0.05) is 12.7 Å². The van der Waals surface area contributed by atoms with Crippen LogP contribution in [0.5, 0.6) is 0 Å². The van der Waals surface area contributed by atoms with Crippen molar-refractivity contribution in [2.24, 2.45) is 28.6 Å². The topological polar surface area (TPSA) is 104 Å². The fraction of sp³-hybridized carbons (Fsp3) is 0.684. The van der Waals surface area contributed by atoms with Gasteiger partial charge in [-0.25, -0.2) is 0 Å². The minimum atomic E-state index is -1.27. The Labute approximate surface area is 145 Å². The fourth-order valence-corrected chi connectivity index (χ4v) is 7.13. The largest absolute Gasteiger partial charge is 0.481 e. The van der Waals surface area contributed by atoms with E-state index >= 15 is 0 Å². The van der Waals surface area contributed by atoms with Gasteiger partial charge in [-0.3, -0.25) is 9.59 Å². The quantitative estimate of drug-likeness (QED) is 0.484. The van der Waals surface area contributed by atoms with Crippen LogP contribution in [0.3, 0.4) is 0 Å². The summed E-state index contributed by atoms with van der Waals surface area (Å²) in [5, 5.41) is 31.6. The maximum Gasteiger partial charge on any atom is 0.316 e. The minimum Gasteiger partial charge on any atom is -0.481 e. The average Bonchev–Trinajstić information content (AvgIpc) is 2.95. The number of rotatable bonds is 1. The zero-order valence-corrected chi connectivity index (χ0v) is 14.1. The molecular weight excluding hydrogens is 324 g/mol. The highest BCUT2D eigenvalue weighted by Gasteiger charge is 2.83. The van der Waals surface area contributed by atoms with Gasteiger partial charge in [-0.15, -0.1) is 0 Å². The van der Waals surface area contributed by atoms with Gasteiger partial charge in [-0.2, -0.15) is 0 Å². The van der Waals surface area contributed by atoms with Crippen LogP contribution in [-0.2, 0) is 14.3 Å². The van der Waals surface area contributed by atoms with E-state index in [2.05, 4.69) is 6.58 Å². The number of aliphatic carboxylic acids is 1. The maximum absolute atomic E-state index is 12.7. The molecule has 3 N–H and O–H groups in total. The van der Waals surface area contributed by atoms with Gasteiger partial charge in [0, 0.05) is 11.8 Å². The molecule has 25 heavy (non-hydrogen) atoms. The molecule has 1 saturated heterocycles. The monoisotopic (exact) mass is 346 g/mol. The summed E-state index contributed by atoms with van der Waals surface area (Å²) < 4.78 is 5.87. The molecule has 1 spiro atoms. The van der Waals surface area contributed by atoms with Gasteiger partial charge in [0.2, 0.25) is 0 Å². The molecule has 8 atom stereocenters. The first-order valence-corrected chi connectivity index (χ1v) is 8.86. The van der Waals surface area contributed by atoms with Crippen molar-refractivity contribution < 1.29 is 29.6 Å². The molecule has 0 aromatic heterocycles. The number of carbonyl (C=O) groups excluding carboxylic acids is 1. The predicted octanol–water partition coefficient (Wildman–Crippen LogP) is 1.03. The summed E-state index contributed by atoms with van der Waals surface area (Å²) >= 11 is 0. The Morgan fingerprint density at radius 1 is 1.44 bits per heavy atom. The number of carboxylic acid groups (broad SMARTS) is 1. The molecule has 0 unspecified atom stereocenters. The lowest BCUT2D eigenvalue weighted by molar-refractivity contribution is -0.163. The number of aliphatic hydroxyl groups is 2. The molecule has 5 rings (SSSR count). The van der Waals surface area contributed by atoms with Crippen LogP contribution >= 0.6 is 0 Å². The van der Waals surface area contributed by atoms with Crippen LogP contribution in [0.2, 0.25) is 0 Å². The number of carbonyl (C=O) groups is 2. The second kappa shape index (κ2) is 4.01. The lowest BCUT2D eigenvalue weighted by atomic mass is 9.61. The average molecular weight is 346 g/mol. The summed E-state index contributed by atoms with van der Waals surface area (Å²) in [5.74, 6) is -3.18. The molecule has 4 aliphatic carbocycles. The molecule has 4 bridgehead atoms. The molecule has 6 heteroatoms. The lowest BCUT2D eigenvalue weighted by Crippen LogP contribution is -2.50. The van der Waals surface area contributed by atoms with Crippen molar-refractivity contribution in [1.82, 2.24) is 0 Å². The Bertz CT molecular complexity index is 772. The number of carboxylic acids is 1. The van der Waals surface area contributed by atoms with Crippen LogP contribution in [0.4, 0.5) is 0 Å². The Hall–Kier alpha value is -1.66. The van der Waals surface area contributed by atoms with Crippen molar-refractivity contribution in [3.05, 3.63) is 24.3 Å². The molecule has 0 aromatic rings. The van der Waals surface area contributed by atoms with E-state index in [1.807, 2.05) is 0 Å². The van der Waals surface area contributed by atoms with E-state index in [0.29, 0.717) is 31.3 Å². The third-order valence-electron chi connectivity index (χ3n) is 8.12. The summed E-state index contributed by atoms with van der Waals surface area (Å²) in [5.41, 5.74) is -3.29. The first-order valence-electron chi connectivity index (χ1n) is 8.86. The summed E-state index contributed by atoms with van der Waals surface area (Å²) in [7, 11) is 0. The third-order valence-corrected chi connectivity index (χ3v) is 8.12. The van der Waals surface area contributed by atoms with Crippen LogP contribution in [0, 0.1) is 28.6 Å². The summed E-state index contributed by atoms with van der Waals surface area (Å²) in [6, 6.07) is 0. The Balaban J connectivity index is 1.78. The van der Waals surface area contributed by atoms with Crippen LogP contribution in [0.25, 0.3) is 0 Å². The lowest BCUT2D eigenvalue weighted by Gasteiger charge is -2.44. The number of hydrogen-bond donors (Lipinski definition) is 3. The van der Waals surface area contributed by atoms with E-state index in [4.69, 9.17) is 4.74 Å². The standard InChI is InChI=1S/C19H22O6/c1-9-7-17-8-18(9,24)5-3-10(17)19-6-4-11(20)16(2,15(23)25-19)13(19)12(17)14(21)22/h4,6,10-13,20,24H,1,3,5,7-8H2,2H3,(H,21,22)/t10-,11-,12+,13+,16+,17+,18+,19+/m0/s1. The van der Waals surface area contributed by atoms with Crippen molar-refractivity contribution in [3.63, 3.8) is 0 Å². The number of fused-ring (bicyclic) bond motifs is 1. The van der Waals surface area contributed by atoms with E-state index in [0.717, 1.165) is 0 Å². The number of ether oxygens (including phenoxy) is 1. The Morgan fingerprint density at radius 2 is 2.16 bits per heavy atom. The fourth-order valence-electron chi connectivity index (χ4n) is 7.13. The van der Waals surface area contributed by atoms with Gasteiger partial charge < -0.3 is 20.1 Å². The Kier molecular flexibility index (Phi) is 2.50. The highest BCUT2D eigenvalue weighted by molar-refractivity contribution is 5.86. The number of hydrogen-bond acceptors (Lipinski definition) is 5. The normalized spacial score (nSPS) is 58.0. The molecule has 3 saturated carbocycles. The molecule has 6 nitrogen and oxygen atoms in total. The van der Waals surface area contributed by atoms with Crippen molar-refractivity contribution >= 4 is 11.9 Å². The first kappa shape index (κ1) is 15.6. The van der Waals surface area contributed by atoms with Gasteiger partial charge in [0.25, 0.3) is 0 Å². The highest BCUT2D eigenvalue weighted by Crippen LogP contribution is 2.77. The van der Waals surface area contributed by atoms with Crippen molar-refractivity contribution in [3.8, 4) is 0 Å². The van der Waals surface area contributed by atoms with Crippen LogP contribution < -0.4 is 0 Å². The number of esters is 1. The summed E-state index contributed by atoms with van der Waals surface area (Å²) in [6.07, 6.45) is 4.11. The first-order chi connectivity index (χ1) is 11.6. The van der Waals surface area contributed by atoms with Crippen molar-refractivity contribution in [1.29, 1.82) is 0 Å². The van der Waals surface area contributed by atoms with E-state index in [1.54, 1.807) is 19.1 Å². The molecule has 1 heterocycles. The molecule has 0 radical (unpaired) electrons. The SMILES string of the molecule is C=C1C[C@@]23C[C@]1(O)CC[C@@H]2[C@@]12C=C[C@H](O)[C@@](C)(C(=O)O1)[C@H]2[C@@H]3C(=O)O. The maximum atomic E-state index is 12.7. The zero-order chi connectivity index (χ0) is 18.0. The second-order valence-electron chi connectivity index (χ2n) is 8.94. The Morgan fingerprint density at radius 3 is 2.84 bits per heavy atom. The summed E-state index contributed by atoms with van der Waals surface area (Å²) in [6.45, 7) is 5.64. The van der Waals surface area contributed by atoms with E-state index in [1.165, 1.54) is 0 Å². The smallest absolute Gasteiger partial charge is 0.316 e. The van der Waals surface area contributed by atoms with Gasteiger partial charge >= 0.3 is 11.9 Å². The molecule has 4 fully saturated rings. The van der Waals surface area contributed by atoms with E-state index in [-0.39, 0.29) is 5.92 Å². The predicted molar refractivity (Wildman–Crippen MR) is 85.2 cm³/mol.